The van der Waals surface area contributed by atoms with E-state index in [1.165, 1.54) is 161 Å². The molecule has 0 heterocycles. The number of amides is 1. The molecule has 4 atom stereocenters. The first-order chi connectivity index (χ1) is 24.0. The highest BCUT2D eigenvalue weighted by molar-refractivity contribution is 5.80. The van der Waals surface area contributed by atoms with Gasteiger partial charge < -0.3 is 25.7 Å². The zero-order valence-electron chi connectivity index (χ0n) is 32.7. The zero-order valence-corrected chi connectivity index (χ0v) is 32.7. The zero-order chi connectivity index (χ0) is 36.0. The van der Waals surface area contributed by atoms with Crippen molar-refractivity contribution in [3.05, 3.63) is 12.2 Å². The van der Waals surface area contributed by atoms with Crippen LogP contribution in [-0.2, 0) is 4.79 Å². The van der Waals surface area contributed by atoms with Crippen molar-refractivity contribution in [1.29, 1.82) is 0 Å². The van der Waals surface area contributed by atoms with Crippen LogP contribution in [0.5, 0.6) is 0 Å². The SMILES string of the molecule is CCCCCCCCCCC/C=C/CCCC(O)C(O)C(CO)NC(=O)C(O)CCCCCCCCCCCCCCCCCCCCC. The summed E-state index contributed by atoms with van der Waals surface area (Å²) in [7, 11) is 0. The molecule has 4 unspecified atom stereocenters. The van der Waals surface area contributed by atoms with Gasteiger partial charge in [0.15, 0.2) is 0 Å². The van der Waals surface area contributed by atoms with Crippen LogP contribution in [0.15, 0.2) is 12.2 Å². The number of hydrogen-bond donors (Lipinski definition) is 5. The lowest BCUT2D eigenvalue weighted by Crippen LogP contribution is -2.53. The average molecular weight is 696 g/mol. The molecule has 292 valence electrons. The molecule has 0 saturated heterocycles. The van der Waals surface area contributed by atoms with Crippen LogP contribution in [0.25, 0.3) is 0 Å². The third kappa shape index (κ3) is 32.7. The average Bonchev–Trinajstić information content (AvgIpc) is 3.11. The van der Waals surface area contributed by atoms with Gasteiger partial charge in [0, 0.05) is 0 Å². The van der Waals surface area contributed by atoms with Crippen molar-refractivity contribution < 1.29 is 25.2 Å². The lowest BCUT2D eigenvalue weighted by Gasteiger charge is -2.27. The number of carbonyl (C=O) groups is 1. The highest BCUT2D eigenvalue weighted by Gasteiger charge is 2.28. The third-order valence-electron chi connectivity index (χ3n) is 10.2. The molecule has 0 spiro atoms. The molecule has 49 heavy (non-hydrogen) atoms. The summed E-state index contributed by atoms with van der Waals surface area (Å²) in [5, 5.41) is 43.6. The van der Waals surface area contributed by atoms with Crippen LogP contribution >= 0.6 is 0 Å². The smallest absolute Gasteiger partial charge is 0.249 e. The largest absolute Gasteiger partial charge is 0.394 e. The second-order valence-corrected chi connectivity index (χ2v) is 15.0. The predicted octanol–water partition coefficient (Wildman–Crippen LogP) is 11.0. The van der Waals surface area contributed by atoms with Crippen LogP contribution in [0, 0.1) is 0 Å². The van der Waals surface area contributed by atoms with Crippen molar-refractivity contribution >= 4 is 5.91 Å². The van der Waals surface area contributed by atoms with Gasteiger partial charge in [-0.25, -0.2) is 0 Å². The summed E-state index contributed by atoms with van der Waals surface area (Å²) in [4.78, 5) is 12.5. The molecular weight excluding hydrogens is 610 g/mol. The van der Waals surface area contributed by atoms with Crippen LogP contribution in [0.3, 0.4) is 0 Å². The van der Waals surface area contributed by atoms with Crippen molar-refractivity contribution in [3.8, 4) is 0 Å². The third-order valence-corrected chi connectivity index (χ3v) is 10.2. The minimum atomic E-state index is -1.28. The summed E-state index contributed by atoms with van der Waals surface area (Å²) in [5.41, 5.74) is 0. The number of nitrogens with one attached hydrogen (secondary N) is 1. The van der Waals surface area contributed by atoms with Gasteiger partial charge >= 0.3 is 0 Å². The van der Waals surface area contributed by atoms with E-state index in [-0.39, 0.29) is 0 Å². The molecule has 0 aliphatic heterocycles. The van der Waals surface area contributed by atoms with Gasteiger partial charge in [0.1, 0.15) is 12.2 Å². The van der Waals surface area contributed by atoms with Gasteiger partial charge in [-0.2, -0.15) is 0 Å². The Balaban J connectivity index is 3.74. The minimum Gasteiger partial charge on any atom is -0.394 e. The van der Waals surface area contributed by atoms with Gasteiger partial charge in [0.25, 0.3) is 0 Å². The van der Waals surface area contributed by atoms with Crippen molar-refractivity contribution in [2.45, 2.75) is 250 Å². The Labute approximate surface area is 304 Å². The summed E-state index contributed by atoms with van der Waals surface area (Å²) in [5.74, 6) is -0.591. The standard InChI is InChI=1S/C43H85NO5/c1-3-5-7-9-11-13-15-17-19-20-21-22-23-25-27-29-31-33-35-37-41(47)43(49)44-39(38-45)42(48)40(46)36-34-32-30-28-26-24-18-16-14-12-10-8-6-4-2/h28,30,39-42,45-48H,3-27,29,31-38H2,1-2H3,(H,44,49)/b30-28+. The number of allylic oxidation sites excluding steroid dienone is 2. The van der Waals surface area contributed by atoms with E-state index in [0.717, 1.165) is 38.5 Å². The quantitative estimate of drug-likeness (QED) is 0.0325. The first kappa shape index (κ1) is 48.0. The van der Waals surface area contributed by atoms with Gasteiger partial charge in [-0.15, -0.1) is 0 Å². The monoisotopic (exact) mass is 696 g/mol. The Hall–Kier alpha value is -0.950. The first-order valence-corrected chi connectivity index (χ1v) is 21.6. The Morgan fingerprint density at radius 1 is 0.490 bits per heavy atom. The summed E-state index contributed by atoms with van der Waals surface area (Å²) in [6.45, 7) is 4.04. The van der Waals surface area contributed by atoms with Crippen molar-refractivity contribution in [3.63, 3.8) is 0 Å². The van der Waals surface area contributed by atoms with E-state index in [9.17, 15) is 25.2 Å². The first-order valence-electron chi connectivity index (χ1n) is 21.6. The molecule has 0 aromatic heterocycles. The minimum absolute atomic E-state index is 0.368. The van der Waals surface area contributed by atoms with Gasteiger partial charge in [0.05, 0.1) is 18.8 Å². The topological polar surface area (TPSA) is 110 Å². The number of aliphatic hydroxyl groups excluding tert-OH is 4. The van der Waals surface area contributed by atoms with E-state index in [2.05, 4.69) is 31.3 Å². The van der Waals surface area contributed by atoms with Crippen molar-refractivity contribution in [2.75, 3.05) is 6.61 Å². The fourth-order valence-corrected chi connectivity index (χ4v) is 6.76. The fourth-order valence-electron chi connectivity index (χ4n) is 6.76. The maximum atomic E-state index is 12.5. The molecule has 5 N–H and O–H groups in total. The molecular formula is C43H85NO5. The van der Waals surface area contributed by atoms with Crippen LogP contribution in [-0.4, -0.2) is 57.3 Å². The summed E-state index contributed by atoms with van der Waals surface area (Å²) >= 11 is 0. The molecule has 6 heteroatoms. The Bertz CT molecular complexity index is 702. The predicted molar refractivity (Wildman–Crippen MR) is 210 cm³/mol. The lowest BCUT2D eigenvalue weighted by molar-refractivity contribution is -0.132. The number of aliphatic hydroxyl groups is 4. The Kier molecular flexibility index (Phi) is 37.5. The number of carbonyl (C=O) groups excluding carboxylic acids is 1. The second kappa shape index (κ2) is 38.3. The van der Waals surface area contributed by atoms with E-state index in [4.69, 9.17) is 0 Å². The van der Waals surface area contributed by atoms with E-state index in [1.54, 1.807) is 0 Å². The molecule has 0 aromatic carbocycles. The number of unbranched alkanes of at least 4 members (excludes halogenated alkanes) is 28. The Morgan fingerprint density at radius 2 is 0.837 bits per heavy atom. The van der Waals surface area contributed by atoms with Crippen LogP contribution < -0.4 is 5.32 Å². The maximum Gasteiger partial charge on any atom is 0.249 e. The number of rotatable bonds is 39. The van der Waals surface area contributed by atoms with Crippen LogP contribution in [0.4, 0.5) is 0 Å². The molecule has 1 amide bonds. The fraction of sp³-hybridized carbons (Fsp3) is 0.930. The normalized spacial score (nSPS) is 14.3. The molecule has 0 aromatic rings. The van der Waals surface area contributed by atoms with Gasteiger partial charge in [-0.05, 0) is 38.5 Å². The molecule has 0 rings (SSSR count). The second-order valence-electron chi connectivity index (χ2n) is 15.0. The maximum absolute atomic E-state index is 12.5. The van der Waals surface area contributed by atoms with E-state index in [0.29, 0.717) is 12.8 Å². The molecule has 0 aliphatic rings. The van der Waals surface area contributed by atoms with E-state index >= 15 is 0 Å². The molecule has 0 saturated carbocycles. The van der Waals surface area contributed by atoms with E-state index in [1.807, 2.05) is 0 Å². The molecule has 0 radical (unpaired) electrons. The van der Waals surface area contributed by atoms with Gasteiger partial charge in [-0.1, -0.05) is 199 Å². The summed E-state index contributed by atoms with van der Waals surface area (Å²) in [6.07, 6.45) is 41.0. The van der Waals surface area contributed by atoms with Gasteiger partial charge in [-0.3, -0.25) is 4.79 Å². The van der Waals surface area contributed by atoms with Crippen molar-refractivity contribution in [2.24, 2.45) is 0 Å². The molecule has 0 fully saturated rings. The molecule has 0 bridgehead atoms. The van der Waals surface area contributed by atoms with Crippen LogP contribution in [0.1, 0.15) is 226 Å². The number of hydrogen-bond acceptors (Lipinski definition) is 5. The van der Waals surface area contributed by atoms with E-state index < -0.39 is 36.9 Å². The highest BCUT2D eigenvalue weighted by atomic mass is 16.3. The van der Waals surface area contributed by atoms with Gasteiger partial charge in [0.2, 0.25) is 5.91 Å². The molecule has 0 aliphatic carbocycles. The Morgan fingerprint density at radius 3 is 1.22 bits per heavy atom. The van der Waals surface area contributed by atoms with Crippen LogP contribution in [0.2, 0.25) is 0 Å². The summed E-state index contributed by atoms with van der Waals surface area (Å²) in [6, 6.07) is -0.996. The summed E-state index contributed by atoms with van der Waals surface area (Å²) < 4.78 is 0. The lowest BCUT2D eigenvalue weighted by atomic mass is 10.00. The molecule has 6 nitrogen and oxygen atoms in total. The van der Waals surface area contributed by atoms with Crippen molar-refractivity contribution in [1.82, 2.24) is 5.32 Å². The highest BCUT2D eigenvalue weighted by Crippen LogP contribution is 2.16.